The molecule has 0 amide bonds. The van der Waals surface area contributed by atoms with Crippen molar-refractivity contribution >= 4 is 71.0 Å². The summed E-state index contributed by atoms with van der Waals surface area (Å²) in [5.41, 5.74) is -4.12. The first-order chi connectivity index (χ1) is 11.5. The number of carbonyl (C=O) groups is 4. The number of aliphatic hydroxyl groups excluding tert-OH is 3. The van der Waals surface area contributed by atoms with Gasteiger partial charge in [-0.05, 0) is 0 Å². The van der Waals surface area contributed by atoms with Gasteiger partial charge in [0.2, 0.25) is 5.12 Å². The van der Waals surface area contributed by atoms with Crippen LogP contribution in [0.3, 0.4) is 0 Å². The molecule has 0 bridgehead atoms. The SMILES string of the molecule is O=C(S)COC(CC(=O)S)(CC(=O)S)C(CO)(CO)C(O)CC(=O)S. The van der Waals surface area contributed by atoms with E-state index in [0.29, 0.717) is 0 Å². The molecule has 3 N–H and O–H groups in total. The number of hydrogen-bond acceptors (Lipinski definition) is 8. The molecule has 0 spiro atoms. The highest BCUT2D eigenvalue weighted by Gasteiger charge is 2.58. The quantitative estimate of drug-likeness (QED) is 0.185. The highest BCUT2D eigenvalue weighted by atomic mass is 32.1. The molecule has 0 aliphatic carbocycles. The Morgan fingerprint density at radius 3 is 1.56 bits per heavy atom. The fourth-order valence-corrected chi connectivity index (χ4v) is 3.31. The van der Waals surface area contributed by atoms with Gasteiger partial charge in [-0.3, -0.25) is 19.2 Å². The first-order valence-corrected chi connectivity index (χ1v) is 8.66. The minimum Gasteiger partial charge on any atom is -0.395 e. The zero-order valence-corrected chi connectivity index (χ0v) is 16.6. The summed E-state index contributed by atoms with van der Waals surface area (Å²) in [5.74, 6) is 0. The lowest BCUT2D eigenvalue weighted by molar-refractivity contribution is -0.211. The van der Waals surface area contributed by atoms with Crippen LogP contribution in [-0.4, -0.2) is 67.3 Å². The average Bonchev–Trinajstić information content (AvgIpc) is 2.44. The summed E-state index contributed by atoms with van der Waals surface area (Å²) in [6.45, 7) is -2.66. The summed E-state index contributed by atoms with van der Waals surface area (Å²) >= 11 is 14.3. The molecule has 1 atom stereocenters. The van der Waals surface area contributed by atoms with Gasteiger partial charge in [0.05, 0.1) is 30.3 Å². The largest absolute Gasteiger partial charge is 0.395 e. The lowest BCUT2D eigenvalue weighted by Gasteiger charge is -2.49. The fraction of sp³-hybridized carbons (Fsp3) is 0.692. The predicted octanol–water partition coefficient (Wildman–Crippen LogP) is -0.930. The molecule has 0 aliphatic heterocycles. The van der Waals surface area contributed by atoms with E-state index in [1.54, 1.807) is 0 Å². The first kappa shape index (κ1) is 24.9. The Morgan fingerprint density at radius 1 is 0.840 bits per heavy atom. The second kappa shape index (κ2) is 10.9. The maximum atomic E-state index is 11.6. The number of rotatable bonds is 13. The highest BCUT2D eigenvalue weighted by Crippen LogP contribution is 2.45. The summed E-state index contributed by atoms with van der Waals surface area (Å²) in [6, 6.07) is 0. The molecule has 0 fully saturated rings. The van der Waals surface area contributed by atoms with Gasteiger partial charge in [0, 0.05) is 19.3 Å². The number of ether oxygens (including phenoxy) is 1. The van der Waals surface area contributed by atoms with Crippen LogP contribution in [0.15, 0.2) is 0 Å². The van der Waals surface area contributed by atoms with Crippen LogP contribution in [0.1, 0.15) is 19.3 Å². The van der Waals surface area contributed by atoms with E-state index in [0.717, 1.165) is 0 Å². The van der Waals surface area contributed by atoms with Crippen molar-refractivity contribution in [2.24, 2.45) is 5.41 Å². The maximum Gasteiger partial charge on any atom is 0.211 e. The number of thiol groups is 4. The molecule has 0 rings (SSSR count). The summed E-state index contributed by atoms with van der Waals surface area (Å²) in [7, 11) is 0. The van der Waals surface area contributed by atoms with Crippen molar-refractivity contribution in [3.8, 4) is 0 Å². The summed E-state index contributed by atoms with van der Waals surface area (Å²) in [4.78, 5) is 45.7. The third kappa shape index (κ3) is 6.86. The Bertz CT molecular complexity index is 504. The van der Waals surface area contributed by atoms with Gasteiger partial charge in [-0.1, -0.05) is 0 Å². The zero-order chi connectivity index (χ0) is 19.8. The van der Waals surface area contributed by atoms with E-state index < -0.39 is 76.7 Å². The molecule has 25 heavy (non-hydrogen) atoms. The molecular formula is C13H20O8S4. The van der Waals surface area contributed by atoms with Crippen molar-refractivity contribution in [2.45, 2.75) is 31.0 Å². The van der Waals surface area contributed by atoms with Gasteiger partial charge in [0.1, 0.15) is 6.61 Å². The van der Waals surface area contributed by atoms with Crippen molar-refractivity contribution in [1.29, 1.82) is 0 Å². The van der Waals surface area contributed by atoms with Crippen molar-refractivity contribution < 1.29 is 39.2 Å². The van der Waals surface area contributed by atoms with Gasteiger partial charge < -0.3 is 20.1 Å². The van der Waals surface area contributed by atoms with Crippen LogP contribution < -0.4 is 0 Å². The molecule has 0 aromatic rings. The van der Waals surface area contributed by atoms with Gasteiger partial charge in [0.15, 0.2) is 15.3 Å². The lowest BCUT2D eigenvalue weighted by atomic mass is 9.65. The van der Waals surface area contributed by atoms with Crippen LogP contribution in [0.2, 0.25) is 0 Å². The van der Waals surface area contributed by atoms with E-state index >= 15 is 0 Å². The second-order valence-electron chi connectivity index (χ2n) is 5.40. The number of carbonyl (C=O) groups excluding carboxylic acids is 4. The van der Waals surface area contributed by atoms with E-state index in [-0.39, 0.29) is 0 Å². The van der Waals surface area contributed by atoms with E-state index in [9.17, 15) is 34.5 Å². The summed E-state index contributed by atoms with van der Waals surface area (Å²) in [6.07, 6.45) is -3.70. The molecule has 0 aromatic carbocycles. The van der Waals surface area contributed by atoms with Crippen molar-refractivity contribution in [2.75, 3.05) is 19.8 Å². The minimum absolute atomic E-state index is 0.619. The monoisotopic (exact) mass is 432 g/mol. The highest BCUT2D eigenvalue weighted by molar-refractivity contribution is 7.97. The maximum absolute atomic E-state index is 11.6. The molecule has 0 radical (unpaired) electrons. The molecule has 0 saturated heterocycles. The molecule has 0 heterocycles. The van der Waals surface area contributed by atoms with Crippen LogP contribution in [0.5, 0.6) is 0 Å². The Hall–Kier alpha value is -0.0800. The molecule has 0 saturated carbocycles. The zero-order valence-electron chi connectivity index (χ0n) is 13.0. The predicted molar refractivity (Wildman–Crippen MR) is 101 cm³/mol. The molecular weight excluding hydrogens is 412 g/mol. The fourth-order valence-electron chi connectivity index (χ4n) is 2.56. The Labute approximate surface area is 166 Å². The summed E-state index contributed by atoms with van der Waals surface area (Å²) in [5, 5.41) is 27.0. The van der Waals surface area contributed by atoms with E-state index in [4.69, 9.17) is 4.74 Å². The van der Waals surface area contributed by atoms with Crippen molar-refractivity contribution in [1.82, 2.24) is 0 Å². The first-order valence-electron chi connectivity index (χ1n) is 6.87. The van der Waals surface area contributed by atoms with Crippen LogP contribution in [0.25, 0.3) is 0 Å². The molecule has 0 aliphatic rings. The lowest BCUT2D eigenvalue weighted by Crippen LogP contribution is -2.62. The average molecular weight is 433 g/mol. The van der Waals surface area contributed by atoms with E-state index in [1.165, 1.54) is 0 Å². The van der Waals surface area contributed by atoms with E-state index in [2.05, 4.69) is 50.5 Å². The van der Waals surface area contributed by atoms with Gasteiger partial charge in [-0.2, -0.15) is 0 Å². The van der Waals surface area contributed by atoms with Crippen LogP contribution in [-0.2, 0) is 23.9 Å². The summed E-state index contributed by atoms with van der Waals surface area (Å²) < 4.78 is 5.38. The standard InChI is InChI=1S/C13H20O8S4/c14-5-12(6-15,7(16)1-8(17)22)13(2-9(18)23,3-10(19)24)21-4-11(20)25/h7,14-16H,1-6H2,(H,17,22)(H,18,23)(H,19,24)(H,20,25). The molecule has 1 unspecified atom stereocenters. The number of hydrogen-bond donors (Lipinski definition) is 7. The van der Waals surface area contributed by atoms with Crippen LogP contribution >= 0.6 is 50.5 Å². The normalized spacial score (nSPS) is 13.4. The van der Waals surface area contributed by atoms with Gasteiger partial charge >= 0.3 is 0 Å². The number of aliphatic hydroxyl groups is 3. The van der Waals surface area contributed by atoms with Gasteiger partial charge in [-0.25, -0.2) is 0 Å². The Balaban J connectivity index is 6.35. The van der Waals surface area contributed by atoms with Gasteiger partial charge in [-0.15, -0.1) is 50.5 Å². The minimum atomic E-state index is -2.06. The third-order valence-corrected chi connectivity index (χ3v) is 4.45. The van der Waals surface area contributed by atoms with Gasteiger partial charge in [0.25, 0.3) is 0 Å². The van der Waals surface area contributed by atoms with Crippen LogP contribution in [0, 0.1) is 5.41 Å². The molecule has 12 heteroatoms. The molecule has 144 valence electrons. The van der Waals surface area contributed by atoms with Crippen molar-refractivity contribution in [3.63, 3.8) is 0 Å². The van der Waals surface area contributed by atoms with Crippen molar-refractivity contribution in [3.05, 3.63) is 0 Å². The van der Waals surface area contributed by atoms with E-state index in [1.807, 2.05) is 0 Å². The Morgan fingerprint density at radius 2 is 1.28 bits per heavy atom. The smallest absolute Gasteiger partial charge is 0.211 e. The second-order valence-corrected chi connectivity index (χ2v) is 7.40. The Kier molecular flexibility index (Phi) is 10.9. The topological polar surface area (TPSA) is 138 Å². The molecule has 0 aromatic heterocycles. The third-order valence-electron chi connectivity index (χ3n) is 3.82. The van der Waals surface area contributed by atoms with Crippen LogP contribution in [0.4, 0.5) is 0 Å². The molecule has 8 nitrogen and oxygen atoms in total.